The molecule has 0 unspecified atom stereocenters. The van der Waals surface area contributed by atoms with Crippen LogP contribution in [0.25, 0.3) is 16.8 Å². The van der Waals surface area contributed by atoms with Crippen LogP contribution in [0.3, 0.4) is 0 Å². The van der Waals surface area contributed by atoms with Gasteiger partial charge in [0.25, 0.3) is 5.91 Å². The van der Waals surface area contributed by atoms with Crippen molar-refractivity contribution in [3.63, 3.8) is 0 Å². The zero-order valence-corrected chi connectivity index (χ0v) is 24.8. The number of aliphatic hydroxyl groups excluding tert-OH is 1. The highest BCUT2D eigenvalue weighted by Gasteiger charge is 2.59. The second-order valence-electron chi connectivity index (χ2n) is 11.9. The molecule has 1 aliphatic heterocycles. The number of aliphatic imine (C=N–C) groups is 1. The van der Waals surface area contributed by atoms with Crippen LogP contribution in [-0.4, -0.2) is 54.2 Å². The number of nitrogens with two attached hydrogens (primary N) is 1. The highest BCUT2D eigenvalue weighted by atomic mass is 35.5. The predicted octanol–water partition coefficient (Wildman–Crippen LogP) is 5.79. The van der Waals surface area contributed by atoms with Crippen molar-refractivity contribution in [2.45, 2.75) is 56.9 Å². The number of carbonyl (C=O) groups is 1. The highest BCUT2D eigenvalue weighted by Crippen LogP contribution is 2.50. The fraction of sp³-hybridized carbons (Fsp3) is 0.355. The monoisotopic (exact) mass is 625 g/mol. The van der Waals surface area contributed by atoms with Crippen LogP contribution in [0.15, 0.2) is 78.3 Å². The van der Waals surface area contributed by atoms with E-state index in [0.717, 1.165) is 42.7 Å². The van der Waals surface area contributed by atoms with Gasteiger partial charge < -0.3 is 10.8 Å². The van der Waals surface area contributed by atoms with E-state index in [0.29, 0.717) is 22.3 Å². The van der Waals surface area contributed by atoms with Gasteiger partial charge in [0.15, 0.2) is 11.5 Å². The number of halogens is 4. The summed E-state index contributed by atoms with van der Waals surface area (Å²) in [7, 11) is 0. The van der Waals surface area contributed by atoms with Gasteiger partial charge in [0.1, 0.15) is 0 Å². The molecular formula is C31H31ClF3N7O2. The lowest BCUT2D eigenvalue weighted by molar-refractivity contribution is -0.218. The van der Waals surface area contributed by atoms with Gasteiger partial charge in [0.2, 0.25) is 0 Å². The third-order valence-corrected chi connectivity index (χ3v) is 8.72. The smallest absolute Gasteiger partial charge is 0.394 e. The first-order valence-corrected chi connectivity index (χ1v) is 14.5. The lowest BCUT2D eigenvalue weighted by Gasteiger charge is -2.37. The van der Waals surface area contributed by atoms with Crippen LogP contribution in [0.5, 0.6) is 0 Å². The number of carbonyl (C=O) groups excluding carboxylic acids is 1. The second-order valence-corrected chi connectivity index (χ2v) is 12.3. The number of amides is 1. The molecule has 2 aromatic carbocycles. The summed E-state index contributed by atoms with van der Waals surface area (Å²) >= 11 is 6.41. The van der Waals surface area contributed by atoms with Crippen LogP contribution in [0.4, 0.5) is 13.2 Å². The van der Waals surface area contributed by atoms with Crippen molar-refractivity contribution in [1.82, 2.24) is 24.5 Å². The molecule has 3 heterocycles. The largest absolute Gasteiger partial charge is 0.394 e. The number of nitrogens with zero attached hydrogens (tertiary/aromatic N) is 6. The molecule has 0 spiro atoms. The number of benzene rings is 2. The van der Waals surface area contributed by atoms with E-state index >= 15 is 0 Å². The third-order valence-electron chi connectivity index (χ3n) is 8.40. The van der Waals surface area contributed by atoms with E-state index in [2.05, 4.69) is 15.2 Å². The first-order chi connectivity index (χ1) is 20.8. The quantitative estimate of drug-likeness (QED) is 0.244. The molecule has 4 aromatic rings. The van der Waals surface area contributed by atoms with E-state index in [1.54, 1.807) is 67.1 Å². The SMILES string of the molecule is CC(C)(C[C@]1(c2ccc(-c3cnn(C4CC4)c3)cc2)N=C(N)N([C@H](CO)c2ccc(Cl)c(-n3cccn3)c2)C1=O)C(F)(F)F. The molecule has 0 radical (unpaired) electrons. The summed E-state index contributed by atoms with van der Waals surface area (Å²) in [4.78, 5) is 20.0. The molecule has 44 heavy (non-hydrogen) atoms. The number of hydrogen-bond acceptors (Lipinski definition) is 6. The highest BCUT2D eigenvalue weighted by molar-refractivity contribution is 6.32. The molecule has 1 amide bonds. The molecule has 230 valence electrons. The van der Waals surface area contributed by atoms with Crippen LogP contribution in [0.2, 0.25) is 5.02 Å². The van der Waals surface area contributed by atoms with Crippen LogP contribution < -0.4 is 5.73 Å². The molecule has 0 saturated heterocycles. The normalized spacial score (nSPS) is 19.8. The lowest BCUT2D eigenvalue weighted by Crippen LogP contribution is -2.49. The molecule has 3 N–H and O–H groups in total. The average molecular weight is 626 g/mol. The number of aromatic nitrogens is 4. The average Bonchev–Trinajstić information content (AvgIpc) is 3.36. The maximum absolute atomic E-state index is 14.4. The van der Waals surface area contributed by atoms with Gasteiger partial charge in [-0.05, 0) is 54.2 Å². The van der Waals surface area contributed by atoms with Gasteiger partial charge in [-0.1, -0.05) is 55.8 Å². The maximum Gasteiger partial charge on any atom is 0.394 e. The van der Waals surface area contributed by atoms with Crippen molar-refractivity contribution >= 4 is 23.5 Å². The molecule has 1 saturated carbocycles. The summed E-state index contributed by atoms with van der Waals surface area (Å²) in [5.41, 5.74) is 4.89. The Morgan fingerprint density at radius 1 is 1.11 bits per heavy atom. The second kappa shape index (κ2) is 10.8. The summed E-state index contributed by atoms with van der Waals surface area (Å²) in [6, 6.07) is 12.6. The van der Waals surface area contributed by atoms with Crippen LogP contribution in [-0.2, 0) is 10.3 Å². The fourth-order valence-corrected chi connectivity index (χ4v) is 5.88. The van der Waals surface area contributed by atoms with E-state index < -0.39 is 42.1 Å². The van der Waals surface area contributed by atoms with Gasteiger partial charge in [0.05, 0.1) is 41.0 Å². The van der Waals surface area contributed by atoms with E-state index in [1.165, 1.54) is 4.68 Å². The molecule has 9 nitrogen and oxygen atoms in total. The molecule has 0 bridgehead atoms. The number of rotatable bonds is 9. The Kier molecular flexibility index (Phi) is 7.32. The summed E-state index contributed by atoms with van der Waals surface area (Å²) in [5.74, 6) is -1.06. The van der Waals surface area contributed by atoms with Gasteiger partial charge in [-0.15, -0.1) is 0 Å². The van der Waals surface area contributed by atoms with Gasteiger partial charge in [0, 0.05) is 24.2 Å². The minimum Gasteiger partial charge on any atom is -0.394 e. The zero-order chi connectivity index (χ0) is 31.4. The van der Waals surface area contributed by atoms with Crippen molar-refractivity contribution < 1.29 is 23.1 Å². The van der Waals surface area contributed by atoms with Crippen molar-refractivity contribution in [3.8, 4) is 16.8 Å². The minimum atomic E-state index is -4.64. The van der Waals surface area contributed by atoms with Crippen molar-refractivity contribution in [3.05, 3.63) is 89.5 Å². The standard InChI is InChI=1S/C31H31ClF3N7O2/c1-29(2,31(33,34)35)18-30(22-7-4-19(5-8-22)21-15-38-41(16-21)23-9-10-23)27(44)42(28(36)39-30)26(17-43)20-6-11-24(32)25(14-20)40-13-3-12-37-40/h3-8,11-16,23,26,43H,9-10,17-18H2,1-2H3,(H2,36,39)/t26-,30-/m1/s1. The Hall–Kier alpha value is -4.16. The van der Waals surface area contributed by atoms with Gasteiger partial charge >= 0.3 is 6.18 Å². The third kappa shape index (κ3) is 5.15. The summed E-state index contributed by atoms with van der Waals surface area (Å²) in [5, 5.41) is 19.5. The van der Waals surface area contributed by atoms with Crippen molar-refractivity contribution in [2.75, 3.05) is 6.61 Å². The van der Waals surface area contributed by atoms with Crippen LogP contribution in [0.1, 0.15) is 56.3 Å². The van der Waals surface area contributed by atoms with Crippen molar-refractivity contribution in [2.24, 2.45) is 16.1 Å². The number of aliphatic hydroxyl groups is 1. The van der Waals surface area contributed by atoms with E-state index in [9.17, 15) is 23.1 Å². The summed E-state index contributed by atoms with van der Waals surface area (Å²) < 4.78 is 46.3. The predicted molar refractivity (Wildman–Crippen MR) is 159 cm³/mol. The van der Waals surface area contributed by atoms with Crippen molar-refractivity contribution in [1.29, 1.82) is 0 Å². The molecule has 2 aliphatic rings. The first kappa shape index (κ1) is 29.9. The van der Waals surface area contributed by atoms with Gasteiger partial charge in [-0.2, -0.15) is 23.4 Å². The molecule has 13 heteroatoms. The maximum atomic E-state index is 14.4. The topological polar surface area (TPSA) is 115 Å². The molecular weight excluding hydrogens is 595 g/mol. The van der Waals surface area contributed by atoms with Crippen LogP contribution in [0, 0.1) is 5.41 Å². The number of alkyl halides is 3. The van der Waals surface area contributed by atoms with E-state index in [4.69, 9.17) is 17.3 Å². The zero-order valence-electron chi connectivity index (χ0n) is 24.0. The molecule has 1 aliphatic carbocycles. The Balaban J connectivity index is 1.40. The van der Waals surface area contributed by atoms with Gasteiger partial charge in [-0.3, -0.25) is 14.4 Å². The lowest BCUT2D eigenvalue weighted by atomic mass is 9.74. The van der Waals surface area contributed by atoms with E-state index in [1.807, 2.05) is 10.9 Å². The Bertz CT molecular complexity index is 1710. The minimum absolute atomic E-state index is 0.258. The number of hydrogen-bond donors (Lipinski definition) is 2. The molecule has 2 atom stereocenters. The Labute approximate surface area is 256 Å². The molecule has 1 fully saturated rings. The Morgan fingerprint density at radius 2 is 1.84 bits per heavy atom. The Morgan fingerprint density at radius 3 is 2.45 bits per heavy atom. The summed E-state index contributed by atoms with van der Waals surface area (Å²) in [6.45, 7) is 1.50. The summed E-state index contributed by atoms with van der Waals surface area (Å²) in [6.07, 6.45) is 3.74. The van der Waals surface area contributed by atoms with E-state index in [-0.39, 0.29) is 11.5 Å². The first-order valence-electron chi connectivity index (χ1n) is 14.2. The number of guanidine groups is 1. The molecule has 6 rings (SSSR count). The van der Waals surface area contributed by atoms with Crippen LogP contribution >= 0.6 is 11.6 Å². The fourth-order valence-electron chi connectivity index (χ4n) is 5.67. The van der Waals surface area contributed by atoms with Gasteiger partial charge in [-0.25, -0.2) is 9.67 Å². The molecule has 2 aromatic heterocycles.